The van der Waals surface area contributed by atoms with Gasteiger partial charge in [0.05, 0.1) is 0 Å². The molecule has 1 heterocycles. The number of aromatic nitrogens is 1. The summed E-state index contributed by atoms with van der Waals surface area (Å²) in [5.41, 5.74) is 3.91. The zero-order valence-corrected chi connectivity index (χ0v) is 14.2. The van der Waals surface area contributed by atoms with Crippen molar-refractivity contribution in [2.24, 2.45) is 0 Å². The number of hydrogen-bond acceptors (Lipinski definition) is 3. The molecule has 1 saturated carbocycles. The van der Waals surface area contributed by atoms with E-state index in [4.69, 9.17) is 0 Å². The molecule has 126 valence electrons. The molecule has 1 amide bonds. The summed E-state index contributed by atoms with van der Waals surface area (Å²) in [6.45, 7) is 2.84. The monoisotopic (exact) mass is 323 g/mol. The number of rotatable bonds is 5. The maximum atomic E-state index is 12.4. The number of hydrogen-bond donors (Lipinski definition) is 2. The largest absolute Gasteiger partial charge is 0.381 e. The lowest BCUT2D eigenvalue weighted by atomic mass is 9.95. The van der Waals surface area contributed by atoms with Crippen LogP contribution >= 0.6 is 0 Å². The first-order chi connectivity index (χ1) is 11.7. The Morgan fingerprint density at radius 1 is 1.17 bits per heavy atom. The van der Waals surface area contributed by atoms with Gasteiger partial charge in [0.15, 0.2) is 0 Å². The first kappa shape index (κ1) is 16.5. The quantitative estimate of drug-likeness (QED) is 0.872. The van der Waals surface area contributed by atoms with E-state index in [0.29, 0.717) is 11.7 Å². The predicted molar refractivity (Wildman–Crippen MR) is 97.1 cm³/mol. The smallest absolute Gasteiger partial charge is 0.270 e. The van der Waals surface area contributed by atoms with Gasteiger partial charge in [0.25, 0.3) is 5.91 Å². The molecule has 0 bridgehead atoms. The van der Waals surface area contributed by atoms with Crippen molar-refractivity contribution in [2.45, 2.75) is 51.6 Å². The third-order valence-electron chi connectivity index (χ3n) is 4.68. The van der Waals surface area contributed by atoms with Crippen LogP contribution in [0.2, 0.25) is 0 Å². The van der Waals surface area contributed by atoms with Crippen LogP contribution in [0, 0.1) is 6.92 Å². The van der Waals surface area contributed by atoms with Crippen molar-refractivity contribution in [1.29, 1.82) is 0 Å². The van der Waals surface area contributed by atoms with Gasteiger partial charge in [0.2, 0.25) is 0 Å². The highest BCUT2D eigenvalue weighted by Gasteiger charge is 2.17. The zero-order chi connectivity index (χ0) is 16.8. The third kappa shape index (κ3) is 4.34. The van der Waals surface area contributed by atoms with Crippen LogP contribution in [0.5, 0.6) is 0 Å². The number of anilines is 1. The van der Waals surface area contributed by atoms with Crippen molar-refractivity contribution in [2.75, 3.05) is 5.32 Å². The van der Waals surface area contributed by atoms with Gasteiger partial charge in [-0.2, -0.15) is 0 Å². The average Bonchev–Trinajstić information content (AvgIpc) is 2.62. The van der Waals surface area contributed by atoms with Gasteiger partial charge >= 0.3 is 0 Å². The fourth-order valence-corrected chi connectivity index (χ4v) is 3.18. The molecular weight excluding hydrogens is 298 g/mol. The maximum Gasteiger partial charge on any atom is 0.270 e. The SMILES string of the molecule is Cc1ccccc1CNc1ccnc(C(=O)NC2CCCCC2)c1. The molecule has 0 unspecified atom stereocenters. The van der Waals surface area contributed by atoms with Crippen LogP contribution in [0.15, 0.2) is 42.6 Å². The maximum absolute atomic E-state index is 12.4. The molecule has 0 atom stereocenters. The van der Waals surface area contributed by atoms with Crippen LogP contribution in [-0.4, -0.2) is 16.9 Å². The molecule has 1 fully saturated rings. The fraction of sp³-hybridized carbons (Fsp3) is 0.400. The fourth-order valence-electron chi connectivity index (χ4n) is 3.18. The Balaban J connectivity index is 1.61. The highest BCUT2D eigenvalue weighted by molar-refractivity contribution is 5.93. The molecule has 0 spiro atoms. The van der Waals surface area contributed by atoms with E-state index in [9.17, 15) is 4.79 Å². The highest BCUT2D eigenvalue weighted by Crippen LogP contribution is 2.18. The molecule has 4 heteroatoms. The summed E-state index contributed by atoms with van der Waals surface area (Å²) < 4.78 is 0. The van der Waals surface area contributed by atoms with Gasteiger partial charge in [-0.05, 0) is 43.0 Å². The van der Waals surface area contributed by atoms with Crippen molar-refractivity contribution in [3.63, 3.8) is 0 Å². The molecular formula is C20H25N3O. The lowest BCUT2D eigenvalue weighted by molar-refractivity contribution is 0.0922. The van der Waals surface area contributed by atoms with E-state index in [1.807, 2.05) is 24.3 Å². The summed E-state index contributed by atoms with van der Waals surface area (Å²) in [6, 6.07) is 12.3. The van der Waals surface area contributed by atoms with Gasteiger partial charge < -0.3 is 10.6 Å². The van der Waals surface area contributed by atoms with Gasteiger partial charge in [0.1, 0.15) is 5.69 Å². The Bertz CT molecular complexity index is 693. The topological polar surface area (TPSA) is 54.0 Å². The van der Waals surface area contributed by atoms with Crippen LogP contribution in [-0.2, 0) is 6.54 Å². The van der Waals surface area contributed by atoms with E-state index >= 15 is 0 Å². The van der Waals surface area contributed by atoms with Crippen LogP contribution < -0.4 is 10.6 Å². The Labute approximate surface area is 143 Å². The van der Waals surface area contributed by atoms with Crippen molar-refractivity contribution in [3.8, 4) is 0 Å². The second kappa shape index (κ2) is 7.95. The van der Waals surface area contributed by atoms with Gasteiger partial charge in [-0.25, -0.2) is 0 Å². The minimum atomic E-state index is -0.0681. The number of aryl methyl sites for hydroxylation is 1. The van der Waals surface area contributed by atoms with Gasteiger partial charge in [0, 0.05) is 24.5 Å². The van der Waals surface area contributed by atoms with Crippen molar-refractivity contribution in [1.82, 2.24) is 10.3 Å². The second-order valence-corrected chi connectivity index (χ2v) is 6.52. The van der Waals surface area contributed by atoms with Crippen molar-refractivity contribution in [3.05, 3.63) is 59.4 Å². The summed E-state index contributed by atoms with van der Waals surface area (Å²) in [5.74, 6) is -0.0681. The first-order valence-electron chi connectivity index (χ1n) is 8.77. The Kier molecular flexibility index (Phi) is 5.47. The van der Waals surface area contributed by atoms with Gasteiger partial charge in [-0.15, -0.1) is 0 Å². The van der Waals surface area contributed by atoms with E-state index in [1.165, 1.54) is 30.4 Å². The van der Waals surface area contributed by atoms with E-state index in [1.54, 1.807) is 6.20 Å². The van der Waals surface area contributed by atoms with Crippen LogP contribution in [0.1, 0.15) is 53.7 Å². The summed E-state index contributed by atoms with van der Waals surface area (Å²) in [5, 5.41) is 6.50. The zero-order valence-electron chi connectivity index (χ0n) is 14.2. The molecule has 2 aromatic rings. The highest BCUT2D eigenvalue weighted by atomic mass is 16.1. The van der Waals surface area contributed by atoms with E-state index in [-0.39, 0.29) is 5.91 Å². The molecule has 4 nitrogen and oxygen atoms in total. The minimum Gasteiger partial charge on any atom is -0.381 e. The Morgan fingerprint density at radius 3 is 2.75 bits per heavy atom. The summed E-state index contributed by atoms with van der Waals surface area (Å²) >= 11 is 0. The number of benzene rings is 1. The Hall–Kier alpha value is -2.36. The van der Waals surface area contributed by atoms with E-state index in [0.717, 1.165) is 25.1 Å². The van der Waals surface area contributed by atoms with Gasteiger partial charge in [-0.1, -0.05) is 43.5 Å². The third-order valence-corrected chi connectivity index (χ3v) is 4.68. The number of nitrogens with zero attached hydrogens (tertiary/aromatic N) is 1. The molecule has 0 aliphatic heterocycles. The second-order valence-electron chi connectivity index (χ2n) is 6.52. The molecule has 1 aliphatic rings. The lowest BCUT2D eigenvalue weighted by Crippen LogP contribution is -2.36. The minimum absolute atomic E-state index is 0.0681. The molecule has 24 heavy (non-hydrogen) atoms. The molecule has 2 N–H and O–H groups in total. The van der Waals surface area contributed by atoms with Crippen LogP contribution in [0.3, 0.4) is 0 Å². The molecule has 3 rings (SSSR count). The first-order valence-corrected chi connectivity index (χ1v) is 8.77. The molecule has 0 radical (unpaired) electrons. The summed E-state index contributed by atoms with van der Waals surface area (Å²) in [7, 11) is 0. The predicted octanol–water partition coefficient (Wildman–Crippen LogP) is 4.06. The number of nitrogens with one attached hydrogen (secondary N) is 2. The van der Waals surface area contributed by atoms with Crippen molar-refractivity contribution < 1.29 is 4.79 Å². The van der Waals surface area contributed by atoms with E-state index in [2.05, 4.69) is 34.7 Å². The van der Waals surface area contributed by atoms with Gasteiger partial charge in [-0.3, -0.25) is 9.78 Å². The molecule has 1 aromatic carbocycles. The molecule has 0 saturated heterocycles. The Morgan fingerprint density at radius 2 is 1.96 bits per heavy atom. The normalized spacial score (nSPS) is 15.0. The van der Waals surface area contributed by atoms with Crippen LogP contribution in [0.4, 0.5) is 5.69 Å². The van der Waals surface area contributed by atoms with E-state index < -0.39 is 0 Å². The van der Waals surface area contributed by atoms with Crippen molar-refractivity contribution >= 4 is 11.6 Å². The molecule has 1 aromatic heterocycles. The lowest BCUT2D eigenvalue weighted by Gasteiger charge is -2.22. The number of carbonyl (C=O) groups is 1. The standard InChI is InChI=1S/C20H25N3O/c1-15-7-5-6-8-16(15)14-22-18-11-12-21-19(13-18)20(24)23-17-9-3-2-4-10-17/h5-8,11-13,17H,2-4,9-10,14H2,1H3,(H,21,22)(H,23,24). The summed E-state index contributed by atoms with van der Waals surface area (Å²) in [4.78, 5) is 16.6. The average molecular weight is 323 g/mol. The van der Waals surface area contributed by atoms with Crippen LogP contribution in [0.25, 0.3) is 0 Å². The number of amides is 1. The number of carbonyl (C=O) groups excluding carboxylic acids is 1. The number of pyridine rings is 1. The molecule has 1 aliphatic carbocycles. The summed E-state index contributed by atoms with van der Waals surface area (Å²) in [6.07, 6.45) is 7.54.